The van der Waals surface area contributed by atoms with Crippen LogP contribution in [0.3, 0.4) is 0 Å². The molecule has 1 unspecified atom stereocenters. The van der Waals surface area contributed by atoms with Crippen LogP contribution in [0.25, 0.3) is 22.0 Å². The van der Waals surface area contributed by atoms with E-state index in [1.54, 1.807) is 6.20 Å². The Balaban J connectivity index is 1.59. The van der Waals surface area contributed by atoms with E-state index in [9.17, 15) is 5.11 Å². The van der Waals surface area contributed by atoms with Crippen molar-refractivity contribution in [1.82, 2.24) is 4.98 Å². The predicted octanol–water partition coefficient (Wildman–Crippen LogP) is 5.06. The van der Waals surface area contributed by atoms with Gasteiger partial charge in [0.15, 0.2) is 0 Å². The first-order chi connectivity index (χ1) is 12.6. The number of pyridine rings is 1. The van der Waals surface area contributed by atoms with E-state index in [0.717, 1.165) is 28.5 Å². The molecule has 1 aliphatic rings. The summed E-state index contributed by atoms with van der Waals surface area (Å²) in [6, 6.07) is 24.8. The number of nitrogens with zero attached hydrogens (tertiary/aromatic N) is 1. The van der Waals surface area contributed by atoms with E-state index < -0.39 is 5.60 Å². The Labute approximate surface area is 152 Å². The molecule has 26 heavy (non-hydrogen) atoms. The summed E-state index contributed by atoms with van der Waals surface area (Å²) in [4.78, 5) is 4.37. The van der Waals surface area contributed by atoms with Crippen molar-refractivity contribution < 1.29 is 5.11 Å². The van der Waals surface area contributed by atoms with Gasteiger partial charge in [-0.05, 0) is 64.9 Å². The van der Waals surface area contributed by atoms with E-state index in [1.165, 1.54) is 22.3 Å². The van der Waals surface area contributed by atoms with Gasteiger partial charge < -0.3 is 5.11 Å². The third kappa shape index (κ3) is 2.27. The molecule has 3 aromatic carbocycles. The average Bonchev–Trinajstić information content (AvgIpc) is 3.05. The number of fused-ring (bicyclic) bond motifs is 4. The van der Waals surface area contributed by atoms with Crippen LogP contribution < -0.4 is 0 Å². The number of rotatable bonds is 2. The van der Waals surface area contributed by atoms with E-state index >= 15 is 0 Å². The molecule has 2 nitrogen and oxygen atoms in total. The minimum Gasteiger partial charge on any atom is -0.381 e. The fourth-order valence-electron chi connectivity index (χ4n) is 3.99. The molecular formula is C24H19NO. The van der Waals surface area contributed by atoms with Crippen LogP contribution in [-0.4, -0.2) is 10.1 Å². The van der Waals surface area contributed by atoms with Gasteiger partial charge in [-0.2, -0.15) is 0 Å². The minimum absolute atomic E-state index is 0.883. The quantitative estimate of drug-likeness (QED) is 0.488. The number of aliphatic hydroxyl groups is 1. The molecule has 0 spiro atoms. The van der Waals surface area contributed by atoms with Crippen LogP contribution in [0.15, 0.2) is 79.0 Å². The maximum absolute atomic E-state index is 11.3. The number of benzene rings is 3. The van der Waals surface area contributed by atoms with Crippen LogP contribution in [0.5, 0.6) is 0 Å². The number of hydrogen-bond donors (Lipinski definition) is 1. The maximum atomic E-state index is 11.3. The Bertz CT molecular complexity index is 1140. The molecule has 0 amide bonds. The Morgan fingerprint density at radius 2 is 1.58 bits per heavy atom. The topological polar surface area (TPSA) is 33.1 Å². The molecule has 1 N–H and O–H groups in total. The summed E-state index contributed by atoms with van der Waals surface area (Å²) in [6.07, 6.45) is 2.72. The first-order valence-electron chi connectivity index (χ1n) is 8.92. The Kier molecular flexibility index (Phi) is 3.25. The van der Waals surface area contributed by atoms with Gasteiger partial charge in [0, 0.05) is 11.6 Å². The number of hydrogen-bond acceptors (Lipinski definition) is 2. The Morgan fingerprint density at radius 1 is 0.808 bits per heavy atom. The minimum atomic E-state index is -1.05. The highest BCUT2D eigenvalue weighted by molar-refractivity contribution is 5.80. The van der Waals surface area contributed by atoms with Gasteiger partial charge in [0.1, 0.15) is 5.60 Å². The van der Waals surface area contributed by atoms with Crippen LogP contribution in [0.2, 0.25) is 0 Å². The summed E-state index contributed by atoms with van der Waals surface area (Å²) in [5.74, 6) is 0. The first kappa shape index (κ1) is 15.3. The van der Waals surface area contributed by atoms with Crippen LogP contribution in [0, 0.1) is 0 Å². The van der Waals surface area contributed by atoms with Crippen molar-refractivity contribution in [3.63, 3.8) is 0 Å². The van der Waals surface area contributed by atoms with Gasteiger partial charge in [-0.1, -0.05) is 54.6 Å². The van der Waals surface area contributed by atoms with E-state index in [-0.39, 0.29) is 0 Å². The highest BCUT2D eigenvalue weighted by Gasteiger charge is 2.28. The molecular weight excluding hydrogens is 318 g/mol. The van der Waals surface area contributed by atoms with Crippen LogP contribution >= 0.6 is 0 Å². The Hall–Kier alpha value is -2.97. The molecule has 0 saturated heterocycles. The van der Waals surface area contributed by atoms with Gasteiger partial charge in [0.25, 0.3) is 0 Å². The molecule has 1 aromatic heterocycles. The summed E-state index contributed by atoms with van der Waals surface area (Å²) < 4.78 is 0. The maximum Gasteiger partial charge on any atom is 0.112 e. The molecule has 1 atom stereocenters. The molecule has 0 bridgehead atoms. The second kappa shape index (κ2) is 5.52. The zero-order chi connectivity index (χ0) is 17.7. The van der Waals surface area contributed by atoms with Crippen molar-refractivity contribution in [2.45, 2.75) is 18.9 Å². The second-order valence-electron chi connectivity index (χ2n) is 7.19. The molecule has 0 fully saturated rings. The summed E-state index contributed by atoms with van der Waals surface area (Å²) in [5.41, 5.74) is 6.93. The van der Waals surface area contributed by atoms with Crippen molar-refractivity contribution in [3.05, 3.63) is 101 Å². The average molecular weight is 337 g/mol. The van der Waals surface area contributed by atoms with Crippen LogP contribution in [-0.2, 0) is 12.0 Å². The highest BCUT2D eigenvalue weighted by atomic mass is 16.3. The van der Waals surface area contributed by atoms with Gasteiger partial charge in [-0.3, -0.25) is 4.98 Å². The zero-order valence-corrected chi connectivity index (χ0v) is 14.6. The smallest absolute Gasteiger partial charge is 0.112 e. The van der Waals surface area contributed by atoms with E-state index in [2.05, 4.69) is 41.4 Å². The molecule has 1 aliphatic carbocycles. The lowest BCUT2D eigenvalue weighted by Crippen LogP contribution is -2.23. The van der Waals surface area contributed by atoms with Crippen molar-refractivity contribution in [2.24, 2.45) is 0 Å². The van der Waals surface area contributed by atoms with Gasteiger partial charge in [-0.25, -0.2) is 0 Å². The third-order valence-corrected chi connectivity index (χ3v) is 5.52. The predicted molar refractivity (Wildman–Crippen MR) is 105 cm³/mol. The normalized spacial score (nSPS) is 14.7. The number of aromatic nitrogens is 1. The summed E-state index contributed by atoms with van der Waals surface area (Å²) in [5, 5.41) is 12.4. The lowest BCUT2D eigenvalue weighted by molar-refractivity contribution is 0.102. The molecule has 0 radical (unpaired) electrons. The van der Waals surface area contributed by atoms with Gasteiger partial charge in [0.2, 0.25) is 0 Å². The fraction of sp³-hybridized carbons (Fsp3) is 0.125. The lowest BCUT2D eigenvalue weighted by atomic mass is 9.86. The molecule has 1 heterocycles. The van der Waals surface area contributed by atoms with Crippen LogP contribution in [0.1, 0.15) is 29.2 Å². The standard InChI is InChI=1S/C24H19NO/c1-24(26,20-9-11-23-17(14-20)6-4-12-25-23)19-8-10-22-18(15-19)13-16-5-2-3-7-21(16)22/h2-12,14-15,26H,13H2,1H3. The highest BCUT2D eigenvalue weighted by Crippen LogP contribution is 2.39. The Morgan fingerprint density at radius 3 is 2.50 bits per heavy atom. The largest absolute Gasteiger partial charge is 0.381 e. The third-order valence-electron chi connectivity index (χ3n) is 5.52. The van der Waals surface area contributed by atoms with Gasteiger partial charge in [0.05, 0.1) is 5.52 Å². The molecule has 5 rings (SSSR count). The first-order valence-corrected chi connectivity index (χ1v) is 8.92. The van der Waals surface area contributed by atoms with Crippen molar-refractivity contribution in [2.75, 3.05) is 0 Å². The van der Waals surface area contributed by atoms with Gasteiger partial charge >= 0.3 is 0 Å². The second-order valence-corrected chi connectivity index (χ2v) is 7.19. The SMILES string of the molecule is CC(O)(c1ccc2c(c1)Cc1ccccc1-2)c1ccc2ncccc2c1. The van der Waals surface area contributed by atoms with E-state index in [0.29, 0.717) is 0 Å². The molecule has 4 aromatic rings. The monoisotopic (exact) mass is 337 g/mol. The van der Waals surface area contributed by atoms with E-state index in [1.807, 2.05) is 43.3 Å². The van der Waals surface area contributed by atoms with Crippen molar-refractivity contribution in [3.8, 4) is 11.1 Å². The molecule has 0 aliphatic heterocycles. The summed E-state index contributed by atoms with van der Waals surface area (Å²) in [7, 11) is 0. The van der Waals surface area contributed by atoms with Crippen LogP contribution in [0.4, 0.5) is 0 Å². The fourth-order valence-corrected chi connectivity index (χ4v) is 3.99. The van der Waals surface area contributed by atoms with E-state index in [4.69, 9.17) is 0 Å². The lowest BCUT2D eigenvalue weighted by Gasteiger charge is -2.25. The van der Waals surface area contributed by atoms with Gasteiger partial charge in [-0.15, -0.1) is 0 Å². The summed E-state index contributed by atoms with van der Waals surface area (Å²) >= 11 is 0. The van der Waals surface area contributed by atoms with Crippen molar-refractivity contribution in [1.29, 1.82) is 0 Å². The van der Waals surface area contributed by atoms with Crippen molar-refractivity contribution >= 4 is 10.9 Å². The molecule has 2 heteroatoms. The summed E-state index contributed by atoms with van der Waals surface area (Å²) in [6.45, 7) is 1.87. The zero-order valence-electron chi connectivity index (χ0n) is 14.6. The molecule has 126 valence electrons. The molecule has 0 saturated carbocycles.